The Morgan fingerprint density at radius 1 is 1.35 bits per heavy atom. The van der Waals surface area contributed by atoms with Crippen molar-refractivity contribution in [1.82, 2.24) is 0 Å². The number of Topliss-reactive ketones (excluding diaryl/α,β-unsaturated/α-hetero) is 1. The maximum Gasteiger partial charge on any atom is 0.327 e. The summed E-state index contributed by atoms with van der Waals surface area (Å²) >= 11 is 0. The summed E-state index contributed by atoms with van der Waals surface area (Å²) < 4.78 is 5.05. The van der Waals surface area contributed by atoms with Crippen molar-refractivity contribution in [2.45, 2.75) is 12.8 Å². The predicted octanol–water partition coefficient (Wildman–Crippen LogP) is 0.00540. The van der Waals surface area contributed by atoms with Gasteiger partial charge in [0.05, 0.1) is 5.56 Å². The summed E-state index contributed by atoms with van der Waals surface area (Å²) in [6.07, 6.45) is 1.41. The first kappa shape index (κ1) is 13.9. The Morgan fingerprint density at radius 3 is 2.85 bits per heavy atom. The molecule has 0 amide bonds. The minimum Gasteiger partial charge on any atom is -0.550 e. The number of esters is 1. The van der Waals surface area contributed by atoms with E-state index in [-0.39, 0.29) is 24.5 Å². The molecule has 1 aromatic carbocycles. The van der Waals surface area contributed by atoms with Gasteiger partial charge in [-0.25, -0.2) is 0 Å². The number of carboxylic acid groups (broad SMARTS) is 1. The molecule has 6 heteroatoms. The molecule has 1 aliphatic rings. The first-order valence-corrected chi connectivity index (χ1v) is 6.14. The topological polar surface area (TPSA) is 95.9 Å². The van der Waals surface area contributed by atoms with Crippen molar-refractivity contribution in [3.8, 4) is 5.75 Å². The number of carbonyl (C=O) groups is 3. The Bertz CT molecular complexity index is 579. The number of fused-ring (bicyclic) bond motifs is 1. The fourth-order valence-electron chi connectivity index (χ4n) is 1.83. The van der Waals surface area contributed by atoms with Gasteiger partial charge >= 0.3 is 5.97 Å². The first-order valence-electron chi connectivity index (χ1n) is 6.14. The van der Waals surface area contributed by atoms with Gasteiger partial charge < -0.3 is 14.6 Å². The van der Waals surface area contributed by atoms with Crippen LogP contribution in [0.25, 0.3) is 0 Å². The quantitative estimate of drug-likeness (QED) is 0.248. The van der Waals surface area contributed by atoms with Gasteiger partial charge in [-0.3, -0.25) is 14.6 Å². The zero-order chi connectivity index (χ0) is 14.5. The lowest BCUT2D eigenvalue weighted by atomic mass is 9.95. The van der Waals surface area contributed by atoms with Crippen LogP contribution in [0, 0.1) is 5.92 Å². The molecular weight excluding hydrogens is 262 g/mol. The highest BCUT2D eigenvalue weighted by molar-refractivity contribution is 6.21. The molecule has 0 bridgehead atoms. The molecule has 1 atom stereocenters. The van der Waals surface area contributed by atoms with E-state index in [1.165, 1.54) is 6.21 Å². The van der Waals surface area contributed by atoms with Crippen LogP contribution in [0.2, 0.25) is 0 Å². The maximum absolute atomic E-state index is 12.1. The van der Waals surface area contributed by atoms with Gasteiger partial charge in [0.2, 0.25) is 0 Å². The third-order valence-electron chi connectivity index (χ3n) is 2.82. The first-order chi connectivity index (χ1) is 9.59. The Kier molecular flexibility index (Phi) is 4.24. The third kappa shape index (κ3) is 3.09. The standard InChI is InChI=1S/C14H13NO5/c16-12(17)6-3-7-15-8-10-13(18)9-4-1-2-5-11(9)20-14(10)19/h1-2,4-5,8,10H,3,6-7H2,(H,16,17)/p-1/t10-/m1/s1. The van der Waals surface area contributed by atoms with E-state index in [9.17, 15) is 19.5 Å². The van der Waals surface area contributed by atoms with Crippen LogP contribution in [-0.4, -0.2) is 30.5 Å². The molecule has 0 fully saturated rings. The molecule has 0 spiro atoms. The minimum atomic E-state index is -1.15. The molecule has 0 aromatic heterocycles. The van der Waals surface area contributed by atoms with Crippen LogP contribution in [-0.2, 0) is 9.59 Å². The Labute approximate surface area is 115 Å². The number of rotatable bonds is 5. The Morgan fingerprint density at radius 2 is 2.10 bits per heavy atom. The van der Waals surface area contributed by atoms with E-state index in [1.807, 2.05) is 0 Å². The number of ketones is 1. The van der Waals surface area contributed by atoms with Gasteiger partial charge in [0.15, 0.2) is 11.7 Å². The summed E-state index contributed by atoms with van der Waals surface area (Å²) in [5.41, 5.74) is 0.346. The molecule has 0 radical (unpaired) electrons. The van der Waals surface area contributed by atoms with E-state index in [0.29, 0.717) is 12.0 Å². The average Bonchev–Trinajstić information content (AvgIpc) is 2.41. The van der Waals surface area contributed by atoms with Crippen molar-refractivity contribution >= 4 is 23.9 Å². The fraction of sp³-hybridized carbons (Fsp3) is 0.286. The third-order valence-corrected chi connectivity index (χ3v) is 2.82. The number of para-hydroxylation sites is 1. The molecule has 0 unspecified atom stereocenters. The van der Waals surface area contributed by atoms with Crippen LogP contribution in [0.3, 0.4) is 0 Å². The van der Waals surface area contributed by atoms with E-state index in [1.54, 1.807) is 24.3 Å². The highest BCUT2D eigenvalue weighted by Crippen LogP contribution is 2.26. The summed E-state index contributed by atoms with van der Waals surface area (Å²) in [4.78, 5) is 37.9. The van der Waals surface area contributed by atoms with Gasteiger partial charge in [-0.15, -0.1) is 0 Å². The van der Waals surface area contributed by atoms with Crippen molar-refractivity contribution in [2.24, 2.45) is 10.9 Å². The highest BCUT2D eigenvalue weighted by atomic mass is 16.5. The molecule has 2 rings (SSSR count). The molecule has 1 aliphatic heterocycles. The van der Waals surface area contributed by atoms with E-state index in [0.717, 1.165) is 0 Å². The summed E-state index contributed by atoms with van der Waals surface area (Å²) in [6.45, 7) is 0.215. The highest BCUT2D eigenvalue weighted by Gasteiger charge is 2.34. The van der Waals surface area contributed by atoms with Crippen molar-refractivity contribution in [1.29, 1.82) is 0 Å². The number of carbonyl (C=O) groups excluding carboxylic acids is 3. The van der Waals surface area contributed by atoms with Gasteiger partial charge in [-0.2, -0.15) is 0 Å². The maximum atomic E-state index is 12.1. The molecule has 0 saturated heterocycles. The van der Waals surface area contributed by atoms with Crippen molar-refractivity contribution in [2.75, 3.05) is 6.54 Å². The molecule has 104 valence electrons. The summed E-state index contributed by atoms with van der Waals surface area (Å²) in [5.74, 6) is -2.99. The van der Waals surface area contributed by atoms with Crippen LogP contribution in [0.15, 0.2) is 29.3 Å². The number of benzene rings is 1. The van der Waals surface area contributed by atoms with Crippen LogP contribution < -0.4 is 9.84 Å². The Balaban J connectivity index is 2.02. The number of ether oxygens (including phenoxy) is 1. The molecular formula is C14H12NO5-. The van der Waals surface area contributed by atoms with E-state index >= 15 is 0 Å². The summed E-state index contributed by atoms with van der Waals surface area (Å²) in [6, 6.07) is 6.50. The van der Waals surface area contributed by atoms with Gasteiger partial charge in [0, 0.05) is 18.7 Å². The van der Waals surface area contributed by atoms with E-state index < -0.39 is 17.9 Å². The van der Waals surface area contributed by atoms with Gasteiger partial charge in [-0.1, -0.05) is 12.1 Å². The van der Waals surface area contributed by atoms with Crippen molar-refractivity contribution in [3.63, 3.8) is 0 Å². The van der Waals surface area contributed by atoms with Gasteiger partial charge in [0.1, 0.15) is 5.75 Å². The van der Waals surface area contributed by atoms with Gasteiger partial charge in [-0.05, 0) is 25.0 Å². The summed E-state index contributed by atoms with van der Waals surface area (Å²) in [5, 5.41) is 10.2. The average molecular weight is 274 g/mol. The smallest absolute Gasteiger partial charge is 0.327 e. The van der Waals surface area contributed by atoms with E-state index in [4.69, 9.17) is 4.74 Å². The predicted molar refractivity (Wildman–Crippen MR) is 67.5 cm³/mol. The number of nitrogens with zero attached hydrogens (tertiary/aromatic N) is 1. The van der Waals surface area contributed by atoms with Crippen LogP contribution >= 0.6 is 0 Å². The second-order valence-corrected chi connectivity index (χ2v) is 4.29. The minimum absolute atomic E-state index is 0.108. The van der Waals surface area contributed by atoms with Crippen molar-refractivity contribution in [3.05, 3.63) is 29.8 Å². The molecule has 0 saturated carbocycles. The molecule has 6 nitrogen and oxygen atoms in total. The van der Waals surface area contributed by atoms with Crippen LogP contribution in [0.1, 0.15) is 23.2 Å². The lowest BCUT2D eigenvalue weighted by Gasteiger charge is -2.19. The molecule has 1 aromatic rings. The second-order valence-electron chi connectivity index (χ2n) is 4.29. The number of carboxylic acids is 1. The number of hydrogen-bond donors (Lipinski definition) is 0. The monoisotopic (exact) mass is 274 g/mol. The van der Waals surface area contributed by atoms with Crippen molar-refractivity contribution < 1.29 is 24.2 Å². The van der Waals surface area contributed by atoms with E-state index in [2.05, 4.69) is 4.99 Å². The number of aliphatic carboxylic acids is 1. The molecule has 0 aliphatic carbocycles. The largest absolute Gasteiger partial charge is 0.550 e. The lowest BCUT2D eigenvalue weighted by molar-refractivity contribution is -0.305. The SMILES string of the molecule is O=C([O-])CCCN=C[C@H]1C(=O)Oc2ccccc2C1=O. The fourth-order valence-corrected chi connectivity index (χ4v) is 1.83. The lowest BCUT2D eigenvalue weighted by Crippen LogP contribution is -2.34. The zero-order valence-electron chi connectivity index (χ0n) is 10.6. The molecule has 1 heterocycles. The zero-order valence-corrected chi connectivity index (χ0v) is 10.6. The Hall–Kier alpha value is -2.50. The van der Waals surface area contributed by atoms with Crippen LogP contribution in [0.4, 0.5) is 0 Å². The second kappa shape index (κ2) is 6.10. The number of hydrogen-bond acceptors (Lipinski definition) is 6. The normalized spacial score (nSPS) is 17.9. The molecule has 0 N–H and O–H groups in total. The van der Waals surface area contributed by atoms with Crippen LogP contribution in [0.5, 0.6) is 5.75 Å². The number of aliphatic imine (C=N–C) groups is 1. The summed E-state index contributed by atoms with van der Waals surface area (Å²) in [7, 11) is 0. The molecule has 20 heavy (non-hydrogen) atoms. The van der Waals surface area contributed by atoms with Gasteiger partial charge in [0.25, 0.3) is 0 Å².